The maximum Gasteiger partial charge on any atom is 0.303 e. The van der Waals surface area contributed by atoms with Crippen molar-refractivity contribution in [3.05, 3.63) is 58.7 Å². The van der Waals surface area contributed by atoms with Crippen molar-refractivity contribution in [1.29, 1.82) is 0 Å². The van der Waals surface area contributed by atoms with E-state index in [9.17, 15) is 20.0 Å². The molecule has 0 saturated carbocycles. The molecule has 6 nitrogen and oxygen atoms in total. The molecular weight excluding hydrogens is 370 g/mol. The summed E-state index contributed by atoms with van der Waals surface area (Å²) < 4.78 is 0. The molecule has 2 atom stereocenters. The lowest BCUT2D eigenvalue weighted by Crippen LogP contribution is -2.20. The van der Waals surface area contributed by atoms with Crippen molar-refractivity contribution in [3.63, 3.8) is 0 Å². The van der Waals surface area contributed by atoms with Crippen molar-refractivity contribution in [3.8, 4) is 0 Å². The Balaban J connectivity index is 3.79. The standard InChI is InChI=1S/C23H37NO5/c1-2-3-13-17-22(25)18-15-12-10-8-6-4-5-7-9-11-14-16-21(24(28)29)19-20-23(26)27/h4,6-7,9-10,12,15,18,21-22,25H,2-3,5,8,11,13-14,16-17,19-20H2,1H3,(H,26,27)/t21?,22-/m0/s1. The van der Waals surface area contributed by atoms with Gasteiger partial charge in [-0.1, -0.05) is 74.8 Å². The van der Waals surface area contributed by atoms with E-state index in [-0.39, 0.29) is 23.9 Å². The molecule has 0 aliphatic heterocycles. The number of carboxylic acid groups (broad SMARTS) is 1. The van der Waals surface area contributed by atoms with E-state index in [2.05, 4.69) is 19.1 Å². The van der Waals surface area contributed by atoms with Crippen LogP contribution in [0.15, 0.2) is 48.6 Å². The minimum Gasteiger partial charge on any atom is -0.481 e. The van der Waals surface area contributed by atoms with Gasteiger partial charge in [0.1, 0.15) is 0 Å². The molecule has 0 aliphatic rings. The fourth-order valence-electron chi connectivity index (χ4n) is 2.73. The normalized spacial score (nSPS) is 14.4. The fourth-order valence-corrected chi connectivity index (χ4v) is 2.73. The van der Waals surface area contributed by atoms with Crippen molar-refractivity contribution in [1.82, 2.24) is 0 Å². The Hall–Kier alpha value is -2.21. The molecule has 2 N–H and O–H groups in total. The number of aliphatic hydroxyl groups is 1. The van der Waals surface area contributed by atoms with Gasteiger partial charge in [0.2, 0.25) is 6.04 Å². The van der Waals surface area contributed by atoms with Crippen LogP contribution in [0.2, 0.25) is 0 Å². The summed E-state index contributed by atoms with van der Waals surface area (Å²) in [6, 6.07) is -0.766. The van der Waals surface area contributed by atoms with Crippen LogP contribution in [-0.2, 0) is 4.79 Å². The molecule has 0 aromatic carbocycles. The van der Waals surface area contributed by atoms with E-state index in [1.54, 1.807) is 0 Å². The van der Waals surface area contributed by atoms with Gasteiger partial charge < -0.3 is 10.2 Å². The molecule has 6 heteroatoms. The first-order chi connectivity index (χ1) is 14.0. The van der Waals surface area contributed by atoms with Gasteiger partial charge in [-0.25, -0.2) is 0 Å². The summed E-state index contributed by atoms with van der Waals surface area (Å²) in [6.07, 6.45) is 23.1. The van der Waals surface area contributed by atoms with Gasteiger partial charge in [-0.05, 0) is 32.1 Å². The number of unbranched alkanes of at least 4 members (excludes halogenated alkanes) is 3. The van der Waals surface area contributed by atoms with E-state index < -0.39 is 12.0 Å². The van der Waals surface area contributed by atoms with Gasteiger partial charge in [-0.3, -0.25) is 14.9 Å². The van der Waals surface area contributed by atoms with Crippen molar-refractivity contribution >= 4 is 5.97 Å². The number of carboxylic acids is 1. The van der Waals surface area contributed by atoms with E-state index in [0.29, 0.717) is 12.8 Å². The van der Waals surface area contributed by atoms with Gasteiger partial charge in [-0.2, -0.15) is 0 Å². The Morgan fingerprint density at radius 2 is 1.66 bits per heavy atom. The Labute approximate surface area is 174 Å². The average Bonchev–Trinajstić information content (AvgIpc) is 2.67. The van der Waals surface area contributed by atoms with E-state index in [0.717, 1.165) is 44.9 Å². The highest BCUT2D eigenvalue weighted by Gasteiger charge is 2.20. The SMILES string of the molecule is CCCCC[C@H](O)C=CC=CCC=CCC=CCCCC(CCC(=O)O)[N+](=O)[O-]. The molecule has 0 radical (unpaired) electrons. The van der Waals surface area contributed by atoms with E-state index in [1.807, 2.05) is 36.5 Å². The molecule has 0 rings (SSSR count). The molecule has 0 saturated heterocycles. The zero-order valence-electron chi connectivity index (χ0n) is 17.6. The molecule has 0 amide bonds. The third-order valence-corrected chi connectivity index (χ3v) is 4.46. The first kappa shape index (κ1) is 26.8. The van der Waals surface area contributed by atoms with Crippen molar-refractivity contribution in [2.75, 3.05) is 0 Å². The van der Waals surface area contributed by atoms with E-state index in [4.69, 9.17) is 5.11 Å². The van der Waals surface area contributed by atoms with Crippen LogP contribution >= 0.6 is 0 Å². The van der Waals surface area contributed by atoms with Crippen molar-refractivity contribution in [2.45, 2.75) is 89.7 Å². The van der Waals surface area contributed by atoms with E-state index in [1.165, 1.54) is 0 Å². The quantitative estimate of drug-likeness (QED) is 0.101. The number of allylic oxidation sites excluding steroid dienone is 7. The summed E-state index contributed by atoms with van der Waals surface area (Å²) >= 11 is 0. The second kappa shape index (κ2) is 19.1. The number of hydrogen-bond donors (Lipinski definition) is 2. The molecule has 1 unspecified atom stereocenters. The molecule has 0 aromatic rings. The summed E-state index contributed by atoms with van der Waals surface area (Å²) in [5.74, 6) is -0.991. The molecule has 0 fully saturated rings. The maximum atomic E-state index is 10.9. The average molecular weight is 408 g/mol. The lowest BCUT2D eigenvalue weighted by Gasteiger charge is -2.06. The predicted molar refractivity (Wildman–Crippen MR) is 117 cm³/mol. The number of aliphatic hydroxyl groups excluding tert-OH is 1. The molecule has 0 bridgehead atoms. The number of nitrogens with zero attached hydrogens (tertiary/aromatic N) is 1. The number of rotatable bonds is 18. The topological polar surface area (TPSA) is 101 Å². The van der Waals surface area contributed by atoms with Gasteiger partial charge in [0.05, 0.1) is 12.5 Å². The van der Waals surface area contributed by atoms with Crippen molar-refractivity contribution < 1.29 is 19.9 Å². The highest BCUT2D eigenvalue weighted by Crippen LogP contribution is 2.11. The van der Waals surface area contributed by atoms with Crippen LogP contribution in [0.3, 0.4) is 0 Å². The van der Waals surface area contributed by atoms with Crippen LogP contribution in [0.4, 0.5) is 0 Å². The van der Waals surface area contributed by atoms with Gasteiger partial charge in [0.15, 0.2) is 0 Å². The van der Waals surface area contributed by atoms with Gasteiger partial charge in [0.25, 0.3) is 0 Å². The number of carbonyl (C=O) groups is 1. The summed E-state index contributed by atoms with van der Waals surface area (Å²) in [7, 11) is 0. The molecule has 0 aliphatic carbocycles. The molecule has 0 aromatic heterocycles. The minimum atomic E-state index is -0.991. The number of hydrogen-bond acceptors (Lipinski definition) is 4. The summed E-state index contributed by atoms with van der Waals surface area (Å²) in [6.45, 7) is 2.15. The Bertz CT molecular complexity index is 551. The molecule has 29 heavy (non-hydrogen) atoms. The van der Waals surface area contributed by atoms with Gasteiger partial charge >= 0.3 is 5.97 Å². The monoisotopic (exact) mass is 407 g/mol. The summed E-state index contributed by atoms with van der Waals surface area (Å²) in [5.41, 5.74) is 0. The van der Waals surface area contributed by atoms with E-state index >= 15 is 0 Å². The second-order valence-corrected chi connectivity index (χ2v) is 7.09. The molecule has 0 heterocycles. The highest BCUT2D eigenvalue weighted by atomic mass is 16.6. The van der Waals surface area contributed by atoms with Crippen LogP contribution < -0.4 is 0 Å². The lowest BCUT2D eigenvalue weighted by atomic mass is 10.0. The fraction of sp³-hybridized carbons (Fsp3) is 0.609. The van der Waals surface area contributed by atoms with Crippen LogP contribution in [0.1, 0.15) is 77.6 Å². The first-order valence-electron chi connectivity index (χ1n) is 10.6. The number of aliphatic carboxylic acids is 1. The third-order valence-electron chi connectivity index (χ3n) is 4.46. The zero-order chi connectivity index (χ0) is 21.7. The molecular formula is C23H37NO5. The third kappa shape index (κ3) is 18.9. The lowest BCUT2D eigenvalue weighted by molar-refractivity contribution is -0.524. The minimum absolute atomic E-state index is 0.0926. The zero-order valence-corrected chi connectivity index (χ0v) is 17.6. The molecule has 0 spiro atoms. The first-order valence-corrected chi connectivity index (χ1v) is 10.6. The molecule has 164 valence electrons. The van der Waals surface area contributed by atoms with Crippen molar-refractivity contribution in [2.24, 2.45) is 0 Å². The Morgan fingerprint density at radius 1 is 0.966 bits per heavy atom. The summed E-state index contributed by atoms with van der Waals surface area (Å²) in [5, 5.41) is 29.3. The smallest absolute Gasteiger partial charge is 0.303 e. The predicted octanol–water partition coefficient (Wildman–Crippen LogP) is 5.61. The highest BCUT2D eigenvalue weighted by molar-refractivity contribution is 5.66. The van der Waals surface area contributed by atoms with Crippen LogP contribution in [0, 0.1) is 10.1 Å². The van der Waals surface area contributed by atoms with Gasteiger partial charge in [-0.15, -0.1) is 0 Å². The summed E-state index contributed by atoms with van der Waals surface area (Å²) in [4.78, 5) is 21.0. The maximum absolute atomic E-state index is 10.9. The largest absolute Gasteiger partial charge is 0.481 e. The van der Waals surface area contributed by atoms with Gasteiger partial charge in [0, 0.05) is 17.8 Å². The Kier molecular flexibility index (Phi) is 17.7. The van der Waals surface area contributed by atoms with Crippen LogP contribution in [0.25, 0.3) is 0 Å². The van der Waals surface area contributed by atoms with Crippen LogP contribution in [-0.4, -0.2) is 33.3 Å². The van der Waals surface area contributed by atoms with Crippen LogP contribution in [0.5, 0.6) is 0 Å². The second-order valence-electron chi connectivity index (χ2n) is 7.09. The Morgan fingerprint density at radius 3 is 2.31 bits per heavy atom. The number of nitro groups is 1.